The van der Waals surface area contributed by atoms with Crippen LogP contribution >= 0.6 is 0 Å². The average Bonchev–Trinajstić information content (AvgIpc) is 2.48. The van der Waals surface area contributed by atoms with Gasteiger partial charge in [0.05, 0.1) is 6.10 Å². The monoisotopic (exact) mass is 305 g/mol. The highest BCUT2D eigenvalue weighted by molar-refractivity contribution is 5.24. The first-order valence-corrected chi connectivity index (χ1v) is 8.31. The zero-order valence-electron chi connectivity index (χ0n) is 14.5. The summed E-state index contributed by atoms with van der Waals surface area (Å²) in [5.74, 6) is 0. The van der Waals surface area contributed by atoms with Gasteiger partial charge in [-0.2, -0.15) is 0 Å². The van der Waals surface area contributed by atoms with Crippen molar-refractivity contribution < 1.29 is 5.11 Å². The van der Waals surface area contributed by atoms with E-state index in [0.29, 0.717) is 12.6 Å². The average molecular weight is 305 g/mol. The molecule has 0 saturated carbocycles. The highest BCUT2D eigenvalue weighted by Crippen LogP contribution is 2.19. The summed E-state index contributed by atoms with van der Waals surface area (Å²) in [5.41, 5.74) is 2.60. The molecule has 0 amide bonds. The van der Waals surface area contributed by atoms with Crippen molar-refractivity contribution in [1.29, 1.82) is 0 Å². The molecule has 1 fully saturated rings. The minimum absolute atomic E-state index is 0.291. The lowest BCUT2D eigenvalue weighted by Crippen LogP contribution is -2.48. The molecule has 1 aliphatic heterocycles. The molecule has 1 saturated heterocycles. The lowest BCUT2D eigenvalue weighted by atomic mass is 10.0. The number of aliphatic hydroxyl groups is 1. The molecule has 2 atom stereocenters. The minimum atomic E-state index is -0.291. The molecule has 4 heteroatoms. The number of piperazine rings is 1. The number of hydrogen-bond donors (Lipinski definition) is 1. The molecule has 0 bridgehead atoms. The highest BCUT2D eigenvalue weighted by Gasteiger charge is 2.20. The van der Waals surface area contributed by atoms with Gasteiger partial charge >= 0.3 is 0 Å². The van der Waals surface area contributed by atoms with Crippen molar-refractivity contribution in [2.24, 2.45) is 0 Å². The largest absolute Gasteiger partial charge is 0.390 e. The second kappa shape index (κ2) is 8.06. The number of rotatable bonds is 6. The van der Waals surface area contributed by atoms with Crippen molar-refractivity contribution in [1.82, 2.24) is 14.7 Å². The summed E-state index contributed by atoms with van der Waals surface area (Å²) in [5, 5.41) is 10.4. The molecular formula is C18H31N3O. The van der Waals surface area contributed by atoms with Crippen LogP contribution in [0.4, 0.5) is 0 Å². The third kappa shape index (κ3) is 5.06. The Morgan fingerprint density at radius 3 is 2.55 bits per heavy atom. The second-order valence-electron chi connectivity index (χ2n) is 6.79. The van der Waals surface area contributed by atoms with E-state index in [2.05, 4.69) is 66.9 Å². The SMILES string of the molecule is Cc1cccc(C(C)N(C)CC(O)CN2CCN(C)CC2)c1. The molecule has 1 aliphatic rings. The van der Waals surface area contributed by atoms with Crippen molar-refractivity contribution >= 4 is 0 Å². The van der Waals surface area contributed by atoms with Crippen molar-refractivity contribution in [2.75, 3.05) is 53.4 Å². The van der Waals surface area contributed by atoms with Gasteiger partial charge in [-0.05, 0) is 33.5 Å². The molecule has 0 aliphatic carbocycles. The van der Waals surface area contributed by atoms with E-state index in [0.717, 1.165) is 32.7 Å². The summed E-state index contributed by atoms with van der Waals surface area (Å²) in [6, 6.07) is 8.95. The van der Waals surface area contributed by atoms with Gasteiger partial charge < -0.3 is 10.0 Å². The Hall–Kier alpha value is -0.940. The fraction of sp³-hybridized carbons (Fsp3) is 0.667. The molecule has 1 N–H and O–H groups in total. The maximum atomic E-state index is 10.4. The first-order chi connectivity index (χ1) is 10.5. The topological polar surface area (TPSA) is 30.0 Å². The Bertz CT molecular complexity index is 457. The van der Waals surface area contributed by atoms with Gasteiger partial charge in [-0.1, -0.05) is 29.8 Å². The molecule has 1 aromatic rings. The van der Waals surface area contributed by atoms with Gasteiger partial charge in [-0.25, -0.2) is 0 Å². The lowest BCUT2D eigenvalue weighted by Gasteiger charge is -2.35. The van der Waals surface area contributed by atoms with Crippen LogP contribution in [0.3, 0.4) is 0 Å². The number of β-amino-alcohol motifs (C(OH)–C–C–N with tert-alkyl or cyclic N) is 1. The van der Waals surface area contributed by atoms with E-state index < -0.39 is 0 Å². The van der Waals surface area contributed by atoms with Crippen LogP contribution < -0.4 is 0 Å². The van der Waals surface area contributed by atoms with Crippen LogP contribution in [0.1, 0.15) is 24.1 Å². The van der Waals surface area contributed by atoms with E-state index in [1.165, 1.54) is 11.1 Å². The number of aryl methyl sites for hydroxylation is 1. The lowest BCUT2D eigenvalue weighted by molar-refractivity contribution is 0.0530. The molecule has 2 unspecified atom stereocenters. The second-order valence-corrected chi connectivity index (χ2v) is 6.79. The standard InChI is InChI=1S/C18H31N3O/c1-15-6-5-7-17(12-15)16(2)20(4)13-18(22)14-21-10-8-19(3)9-11-21/h5-7,12,16,18,22H,8-11,13-14H2,1-4H3. The number of likely N-dealkylation sites (N-methyl/N-ethyl adjacent to an activating group) is 2. The Morgan fingerprint density at radius 1 is 1.23 bits per heavy atom. The summed E-state index contributed by atoms with van der Waals surface area (Å²) < 4.78 is 0. The Balaban J connectivity index is 1.81. The van der Waals surface area contributed by atoms with Gasteiger partial charge in [0.1, 0.15) is 0 Å². The fourth-order valence-electron chi connectivity index (χ4n) is 3.06. The predicted molar refractivity (Wildman–Crippen MR) is 92.2 cm³/mol. The Kier molecular flexibility index (Phi) is 6.38. The Morgan fingerprint density at radius 2 is 1.91 bits per heavy atom. The third-order valence-electron chi connectivity index (χ3n) is 4.75. The predicted octanol–water partition coefficient (Wildman–Crippen LogP) is 1.60. The van der Waals surface area contributed by atoms with E-state index in [-0.39, 0.29) is 6.10 Å². The molecule has 0 spiro atoms. The molecule has 124 valence electrons. The number of aliphatic hydroxyl groups excluding tert-OH is 1. The van der Waals surface area contributed by atoms with E-state index in [1.54, 1.807) is 0 Å². The Labute approximate surface area is 135 Å². The normalized spacial score (nSPS) is 20.3. The zero-order chi connectivity index (χ0) is 16.1. The molecular weight excluding hydrogens is 274 g/mol. The van der Waals surface area contributed by atoms with Crippen molar-refractivity contribution in [3.05, 3.63) is 35.4 Å². The zero-order valence-corrected chi connectivity index (χ0v) is 14.5. The van der Waals surface area contributed by atoms with Crippen LogP contribution in [0, 0.1) is 6.92 Å². The fourth-order valence-corrected chi connectivity index (χ4v) is 3.06. The van der Waals surface area contributed by atoms with Crippen LogP contribution in [0.25, 0.3) is 0 Å². The van der Waals surface area contributed by atoms with Crippen LogP contribution in [0.2, 0.25) is 0 Å². The highest BCUT2D eigenvalue weighted by atomic mass is 16.3. The third-order valence-corrected chi connectivity index (χ3v) is 4.75. The summed E-state index contributed by atoms with van der Waals surface area (Å²) in [4.78, 5) is 6.96. The van der Waals surface area contributed by atoms with Gasteiger partial charge in [-0.3, -0.25) is 9.80 Å². The first kappa shape index (κ1) is 17.4. The van der Waals surface area contributed by atoms with E-state index in [1.807, 2.05) is 0 Å². The number of benzene rings is 1. The van der Waals surface area contributed by atoms with Crippen LogP contribution in [-0.4, -0.2) is 79.3 Å². The quantitative estimate of drug-likeness (QED) is 0.864. The summed E-state index contributed by atoms with van der Waals surface area (Å²) in [7, 11) is 4.26. The molecule has 2 rings (SSSR count). The number of nitrogens with zero attached hydrogens (tertiary/aromatic N) is 3. The van der Waals surface area contributed by atoms with Crippen molar-refractivity contribution in [3.8, 4) is 0 Å². The van der Waals surface area contributed by atoms with E-state index >= 15 is 0 Å². The maximum Gasteiger partial charge on any atom is 0.0793 e. The van der Waals surface area contributed by atoms with Gasteiger partial charge in [-0.15, -0.1) is 0 Å². The van der Waals surface area contributed by atoms with Crippen LogP contribution in [0.5, 0.6) is 0 Å². The summed E-state index contributed by atoms with van der Waals surface area (Å²) in [6.07, 6.45) is -0.291. The summed E-state index contributed by atoms with van der Waals surface area (Å²) in [6.45, 7) is 10.1. The molecule has 1 heterocycles. The van der Waals surface area contributed by atoms with Crippen molar-refractivity contribution in [3.63, 3.8) is 0 Å². The molecule has 1 aromatic carbocycles. The van der Waals surface area contributed by atoms with Gasteiger partial charge in [0.2, 0.25) is 0 Å². The number of hydrogen-bond acceptors (Lipinski definition) is 4. The molecule has 4 nitrogen and oxygen atoms in total. The van der Waals surface area contributed by atoms with Gasteiger partial charge in [0, 0.05) is 45.3 Å². The molecule has 0 aromatic heterocycles. The minimum Gasteiger partial charge on any atom is -0.390 e. The first-order valence-electron chi connectivity index (χ1n) is 8.31. The van der Waals surface area contributed by atoms with E-state index in [4.69, 9.17) is 0 Å². The van der Waals surface area contributed by atoms with Gasteiger partial charge in [0.25, 0.3) is 0 Å². The smallest absolute Gasteiger partial charge is 0.0793 e. The molecule has 0 radical (unpaired) electrons. The maximum absolute atomic E-state index is 10.4. The molecule has 22 heavy (non-hydrogen) atoms. The van der Waals surface area contributed by atoms with Crippen LogP contribution in [0.15, 0.2) is 24.3 Å². The van der Waals surface area contributed by atoms with Gasteiger partial charge in [0.15, 0.2) is 0 Å². The van der Waals surface area contributed by atoms with Crippen LogP contribution in [-0.2, 0) is 0 Å². The van der Waals surface area contributed by atoms with Crippen molar-refractivity contribution in [2.45, 2.75) is 26.0 Å². The van der Waals surface area contributed by atoms with E-state index in [9.17, 15) is 5.11 Å². The summed E-state index contributed by atoms with van der Waals surface area (Å²) >= 11 is 0.